The Labute approximate surface area is 204 Å². The number of aryl methyl sites for hydroxylation is 2. The number of likely N-dealkylation sites (tertiary alicyclic amines) is 1. The number of hydrogen-bond donors (Lipinski definition) is 1. The minimum absolute atomic E-state index is 0.0641. The van der Waals surface area contributed by atoms with Crippen molar-refractivity contribution in [2.45, 2.75) is 43.5 Å². The summed E-state index contributed by atoms with van der Waals surface area (Å²) < 4.78 is 31.2. The van der Waals surface area contributed by atoms with Gasteiger partial charge in [-0.25, -0.2) is 4.98 Å². The molecule has 1 aromatic heterocycles. The van der Waals surface area contributed by atoms with E-state index in [1.807, 2.05) is 35.2 Å². The van der Waals surface area contributed by atoms with Crippen molar-refractivity contribution >= 4 is 27.5 Å². The zero-order valence-electron chi connectivity index (χ0n) is 19.4. The average molecular weight is 490 g/mol. The van der Waals surface area contributed by atoms with Gasteiger partial charge in [0.2, 0.25) is 5.91 Å². The number of rotatable bonds is 3. The molecule has 1 N–H and O–H groups in total. The van der Waals surface area contributed by atoms with Crippen LogP contribution in [0.15, 0.2) is 64.0 Å². The highest BCUT2D eigenvalue weighted by Gasteiger charge is 2.35. The highest BCUT2D eigenvalue weighted by Crippen LogP contribution is 2.30. The number of sulfonamides is 1. The number of imidazole rings is 1. The topological polar surface area (TPSA) is 96.7 Å². The van der Waals surface area contributed by atoms with E-state index in [2.05, 4.69) is 20.5 Å². The SMILES string of the molecule is O=C(Nc1cccc(-c2cn3c(n2)CCCC3)c1)C1CCCN(C2=NS(=O)(=O)c3ccccc32)C1. The molecule has 1 unspecified atom stereocenters. The van der Waals surface area contributed by atoms with Crippen molar-refractivity contribution in [3.05, 3.63) is 66.1 Å². The van der Waals surface area contributed by atoms with Gasteiger partial charge in [0.15, 0.2) is 5.84 Å². The number of piperidine rings is 1. The first kappa shape index (κ1) is 22.0. The summed E-state index contributed by atoms with van der Waals surface area (Å²) in [5.41, 5.74) is 3.27. The van der Waals surface area contributed by atoms with Crippen LogP contribution in [0.3, 0.4) is 0 Å². The van der Waals surface area contributed by atoms with Crippen LogP contribution in [0.4, 0.5) is 5.69 Å². The summed E-state index contributed by atoms with van der Waals surface area (Å²) in [6.45, 7) is 2.11. The Hall–Kier alpha value is -3.46. The van der Waals surface area contributed by atoms with Crippen molar-refractivity contribution < 1.29 is 13.2 Å². The molecule has 180 valence electrons. The first-order valence-corrected chi connectivity index (χ1v) is 13.6. The number of hydrogen-bond acceptors (Lipinski definition) is 5. The van der Waals surface area contributed by atoms with E-state index in [1.54, 1.807) is 18.2 Å². The predicted molar refractivity (Wildman–Crippen MR) is 134 cm³/mol. The van der Waals surface area contributed by atoms with Crippen LogP contribution in [0.1, 0.15) is 37.1 Å². The summed E-state index contributed by atoms with van der Waals surface area (Å²) in [7, 11) is -3.68. The van der Waals surface area contributed by atoms with Gasteiger partial charge in [0.25, 0.3) is 10.0 Å². The van der Waals surface area contributed by atoms with Crippen molar-refractivity contribution in [2.24, 2.45) is 10.3 Å². The summed E-state index contributed by atoms with van der Waals surface area (Å²) in [6.07, 6.45) is 7.00. The molecule has 1 saturated heterocycles. The molecular formula is C26H27N5O3S. The molecule has 4 heterocycles. The second kappa shape index (κ2) is 8.64. The number of benzene rings is 2. The van der Waals surface area contributed by atoms with E-state index < -0.39 is 10.0 Å². The summed E-state index contributed by atoms with van der Waals surface area (Å²) in [5.74, 6) is 1.25. The molecule has 1 fully saturated rings. The Balaban J connectivity index is 1.18. The summed E-state index contributed by atoms with van der Waals surface area (Å²) >= 11 is 0. The van der Waals surface area contributed by atoms with Gasteiger partial charge in [-0.3, -0.25) is 4.79 Å². The first-order valence-electron chi connectivity index (χ1n) is 12.1. The number of anilines is 1. The minimum atomic E-state index is -3.68. The standard InChI is InChI=1S/C26H27N5O3S/c32-26(27-20-9-5-7-18(15-20)22-17-30-13-4-3-12-24(30)28-22)19-8-6-14-31(16-19)25-21-10-1-2-11-23(21)35(33,34)29-25/h1-2,5,7,9-11,15,17,19H,3-4,6,8,12-14,16H2,(H,27,32). The van der Waals surface area contributed by atoms with Crippen LogP contribution in [0.25, 0.3) is 11.3 Å². The number of fused-ring (bicyclic) bond motifs is 2. The van der Waals surface area contributed by atoms with Crippen molar-refractivity contribution in [3.8, 4) is 11.3 Å². The fraction of sp³-hybridized carbons (Fsp3) is 0.346. The lowest BCUT2D eigenvalue weighted by atomic mass is 9.96. The summed E-state index contributed by atoms with van der Waals surface area (Å²) in [4.78, 5) is 20.2. The van der Waals surface area contributed by atoms with E-state index in [4.69, 9.17) is 4.98 Å². The van der Waals surface area contributed by atoms with E-state index >= 15 is 0 Å². The zero-order chi connectivity index (χ0) is 24.0. The van der Waals surface area contributed by atoms with Gasteiger partial charge in [-0.05, 0) is 49.9 Å². The molecule has 3 aliphatic rings. The maximum absolute atomic E-state index is 13.2. The highest BCUT2D eigenvalue weighted by atomic mass is 32.2. The quantitative estimate of drug-likeness (QED) is 0.605. The van der Waals surface area contributed by atoms with Gasteiger partial charge >= 0.3 is 0 Å². The van der Waals surface area contributed by atoms with Crippen LogP contribution < -0.4 is 5.32 Å². The van der Waals surface area contributed by atoms with Gasteiger partial charge < -0.3 is 14.8 Å². The van der Waals surface area contributed by atoms with Crippen molar-refractivity contribution in [2.75, 3.05) is 18.4 Å². The van der Waals surface area contributed by atoms with Crippen LogP contribution in [-0.2, 0) is 27.8 Å². The maximum Gasteiger partial charge on any atom is 0.285 e. The number of nitrogens with one attached hydrogen (secondary N) is 1. The lowest BCUT2D eigenvalue weighted by molar-refractivity contribution is -0.121. The minimum Gasteiger partial charge on any atom is -0.355 e. The van der Waals surface area contributed by atoms with Gasteiger partial charge in [0.1, 0.15) is 10.7 Å². The van der Waals surface area contributed by atoms with Gasteiger partial charge in [-0.1, -0.05) is 24.3 Å². The second-order valence-electron chi connectivity index (χ2n) is 9.43. The highest BCUT2D eigenvalue weighted by molar-refractivity contribution is 7.90. The van der Waals surface area contributed by atoms with Crippen molar-refractivity contribution in [1.82, 2.24) is 14.5 Å². The van der Waals surface area contributed by atoms with Crippen molar-refractivity contribution in [3.63, 3.8) is 0 Å². The van der Waals surface area contributed by atoms with Gasteiger partial charge in [-0.15, -0.1) is 4.40 Å². The number of amides is 1. The molecule has 1 atom stereocenters. The van der Waals surface area contributed by atoms with Crippen LogP contribution in [0, 0.1) is 5.92 Å². The second-order valence-corrected chi connectivity index (χ2v) is 11.0. The Kier molecular flexibility index (Phi) is 5.44. The van der Waals surface area contributed by atoms with Gasteiger partial charge in [0, 0.05) is 49.1 Å². The Morgan fingerprint density at radius 2 is 1.91 bits per heavy atom. The molecular weight excluding hydrogens is 462 g/mol. The van der Waals surface area contributed by atoms with Gasteiger partial charge in [-0.2, -0.15) is 8.42 Å². The largest absolute Gasteiger partial charge is 0.355 e. The predicted octanol–water partition coefficient (Wildman–Crippen LogP) is 3.69. The van der Waals surface area contributed by atoms with Crippen LogP contribution in [0.2, 0.25) is 0 Å². The molecule has 0 spiro atoms. The van der Waals surface area contributed by atoms with E-state index in [9.17, 15) is 13.2 Å². The summed E-state index contributed by atoms with van der Waals surface area (Å²) in [6, 6.07) is 14.7. The lowest BCUT2D eigenvalue weighted by Crippen LogP contribution is -2.43. The monoisotopic (exact) mass is 489 g/mol. The fourth-order valence-corrected chi connectivity index (χ4v) is 6.48. The Bertz CT molecular complexity index is 1420. The smallest absolute Gasteiger partial charge is 0.285 e. The molecule has 35 heavy (non-hydrogen) atoms. The van der Waals surface area contributed by atoms with Crippen LogP contribution >= 0.6 is 0 Å². The molecule has 8 nitrogen and oxygen atoms in total. The van der Waals surface area contributed by atoms with E-state index in [0.717, 1.165) is 48.6 Å². The normalized spacial score (nSPS) is 20.6. The molecule has 3 aliphatic heterocycles. The maximum atomic E-state index is 13.2. The molecule has 0 aliphatic carbocycles. The molecule has 3 aromatic rings. The Morgan fingerprint density at radius 1 is 1.03 bits per heavy atom. The first-order chi connectivity index (χ1) is 17.0. The fourth-order valence-electron chi connectivity index (χ4n) is 5.25. The van der Waals surface area contributed by atoms with Crippen LogP contribution in [0.5, 0.6) is 0 Å². The summed E-state index contributed by atoms with van der Waals surface area (Å²) in [5, 5.41) is 3.07. The van der Waals surface area contributed by atoms with E-state index in [0.29, 0.717) is 24.5 Å². The molecule has 2 aromatic carbocycles. The van der Waals surface area contributed by atoms with Gasteiger partial charge in [0.05, 0.1) is 11.6 Å². The molecule has 0 saturated carbocycles. The Morgan fingerprint density at radius 3 is 2.80 bits per heavy atom. The molecule has 9 heteroatoms. The van der Waals surface area contributed by atoms with E-state index in [-0.39, 0.29) is 16.7 Å². The molecule has 1 amide bonds. The number of nitrogens with zero attached hydrogens (tertiary/aromatic N) is 4. The third-order valence-electron chi connectivity index (χ3n) is 7.04. The third kappa shape index (κ3) is 4.14. The number of carbonyl (C=O) groups excluding carboxylic acids is 1. The van der Waals surface area contributed by atoms with Crippen molar-refractivity contribution in [1.29, 1.82) is 0 Å². The number of aromatic nitrogens is 2. The number of amidine groups is 1. The average Bonchev–Trinajstić information content (AvgIpc) is 3.43. The molecule has 0 radical (unpaired) electrons. The molecule has 6 rings (SSSR count). The lowest BCUT2D eigenvalue weighted by Gasteiger charge is -2.33. The number of carbonyl (C=O) groups is 1. The molecule has 0 bridgehead atoms. The van der Waals surface area contributed by atoms with Crippen LogP contribution in [-0.4, -0.2) is 47.7 Å². The zero-order valence-corrected chi connectivity index (χ0v) is 20.2. The third-order valence-corrected chi connectivity index (χ3v) is 8.36. The van der Waals surface area contributed by atoms with E-state index in [1.165, 1.54) is 12.8 Å².